The van der Waals surface area contributed by atoms with Gasteiger partial charge in [0.05, 0.1) is 6.04 Å². The standard InChI is InChI=1S/C20H20N2O/c1-13(23)21-15-10-11-19-18(12-15)16-8-5-9-17(16)20(22-19)14-6-3-2-4-7-14/h2-8,10-12,16-17,20,22H,9H2,1H3,(H,21,23)/t16-,17-,20+/m0/s1. The number of anilines is 2. The number of carbonyl (C=O) groups is 1. The van der Waals surface area contributed by atoms with Gasteiger partial charge in [-0.15, -0.1) is 0 Å². The number of hydrogen-bond acceptors (Lipinski definition) is 2. The molecule has 4 rings (SSSR count). The molecule has 0 unspecified atom stereocenters. The molecule has 0 saturated heterocycles. The van der Waals surface area contributed by atoms with Gasteiger partial charge in [-0.25, -0.2) is 0 Å². The Bertz CT molecular complexity index is 766. The Morgan fingerprint density at radius 1 is 1.17 bits per heavy atom. The third-order valence-electron chi connectivity index (χ3n) is 4.84. The van der Waals surface area contributed by atoms with E-state index in [1.54, 1.807) is 6.92 Å². The summed E-state index contributed by atoms with van der Waals surface area (Å²) < 4.78 is 0. The molecule has 0 radical (unpaired) electrons. The lowest BCUT2D eigenvalue weighted by Crippen LogP contribution is -2.29. The second-order valence-electron chi connectivity index (χ2n) is 6.37. The molecule has 2 aromatic carbocycles. The average molecular weight is 304 g/mol. The van der Waals surface area contributed by atoms with Crippen LogP contribution >= 0.6 is 0 Å². The molecule has 3 heteroatoms. The second-order valence-corrected chi connectivity index (χ2v) is 6.37. The molecule has 1 amide bonds. The zero-order chi connectivity index (χ0) is 15.8. The van der Waals surface area contributed by atoms with Gasteiger partial charge >= 0.3 is 0 Å². The van der Waals surface area contributed by atoms with Crippen molar-refractivity contribution in [2.45, 2.75) is 25.3 Å². The van der Waals surface area contributed by atoms with Crippen LogP contribution in [0.3, 0.4) is 0 Å². The lowest BCUT2D eigenvalue weighted by Gasteiger charge is -2.37. The van der Waals surface area contributed by atoms with Crippen LogP contribution in [0.25, 0.3) is 0 Å². The molecule has 116 valence electrons. The van der Waals surface area contributed by atoms with Crippen molar-refractivity contribution >= 4 is 17.3 Å². The van der Waals surface area contributed by atoms with Crippen molar-refractivity contribution in [3.05, 3.63) is 71.8 Å². The predicted octanol–water partition coefficient (Wildman–Crippen LogP) is 4.47. The van der Waals surface area contributed by atoms with E-state index in [-0.39, 0.29) is 5.91 Å². The summed E-state index contributed by atoms with van der Waals surface area (Å²) in [6.45, 7) is 1.54. The Labute approximate surface area is 136 Å². The molecule has 1 aliphatic heterocycles. The Morgan fingerprint density at radius 3 is 2.78 bits per heavy atom. The van der Waals surface area contributed by atoms with E-state index in [0.29, 0.717) is 17.9 Å². The third kappa shape index (κ3) is 2.52. The number of amides is 1. The number of benzene rings is 2. The number of rotatable bonds is 2. The highest BCUT2D eigenvalue weighted by molar-refractivity contribution is 5.89. The molecule has 3 atom stereocenters. The van der Waals surface area contributed by atoms with Gasteiger partial charge in [0.25, 0.3) is 0 Å². The predicted molar refractivity (Wildman–Crippen MR) is 93.5 cm³/mol. The minimum atomic E-state index is -0.0330. The van der Waals surface area contributed by atoms with Gasteiger partial charge in [0.15, 0.2) is 0 Å². The summed E-state index contributed by atoms with van der Waals surface area (Å²) in [5.41, 5.74) is 4.65. The Hall–Kier alpha value is -2.55. The molecule has 1 aliphatic carbocycles. The van der Waals surface area contributed by atoms with E-state index in [9.17, 15) is 4.79 Å². The fourth-order valence-corrected chi connectivity index (χ4v) is 3.87. The van der Waals surface area contributed by atoms with Gasteiger partial charge in [-0.1, -0.05) is 42.5 Å². The maximum absolute atomic E-state index is 11.3. The average Bonchev–Trinajstić information content (AvgIpc) is 3.04. The molecule has 3 nitrogen and oxygen atoms in total. The van der Waals surface area contributed by atoms with E-state index in [1.165, 1.54) is 16.8 Å². The maximum atomic E-state index is 11.3. The summed E-state index contributed by atoms with van der Waals surface area (Å²) in [5, 5.41) is 6.60. The van der Waals surface area contributed by atoms with Crippen molar-refractivity contribution in [3.63, 3.8) is 0 Å². The summed E-state index contributed by atoms with van der Waals surface area (Å²) in [6.07, 6.45) is 5.69. The Kier molecular flexibility index (Phi) is 3.41. The summed E-state index contributed by atoms with van der Waals surface area (Å²) in [6, 6.07) is 17.1. The van der Waals surface area contributed by atoms with Crippen LogP contribution in [0, 0.1) is 5.92 Å². The molecule has 0 spiro atoms. The normalized spacial score (nSPS) is 24.5. The highest BCUT2D eigenvalue weighted by Crippen LogP contribution is 2.50. The number of hydrogen-bond donors (Lipinski definition) is 2. The third-order valence-corrected chi connectivity index (χ3v) is 4.84. The Morgan fingerprint density at radius 2 is 2.00 bits per heavy atom. The van der Waals surface area contributed by atoms with Gasteiger partial charge in [-0.2, -0.15) is 0 Å². The summed E-state index contributed by atoms with van der Waals surface area (Å²) in [4.78, 5) is 11.3. The van der Waals surface area contributed by atoms with Crippen LogP contribution < -0.4 is 10.6 Å². The zero-order valence-electron chi connectivity index (χ0n) is 13.1. The van der Waals surface area contributed by atoms with Crippen molar-refractivity contribution < 1.29 is 4.79 Å². The number of fused-ring (bicyclic) bond motifs is 3. The monoisotopic (exact) mass is 304 g/mol. The summed E-state index contributed by atoms with van der Waals surface area (Å²) in [7, 11) is 0. The van der Waals surface area contributed by atoms with Crippen LogP contribution in [0.1, 0.15) is 36.4 Å². The van der Waals surface area contributed by atoms with Crippen molar-refractivity contribution in [1.29, 1.82) is 0 Å². The number of nitrogens with one attached hydrogen (secondary N) is 2. The first-order valence-electron chi connectivity index (χ1n) is 8.12. The van der Waals surface area contributed by atoms with Crippen LogP contribution in [-0.2, 0) is 4.79 Å². The molecule has 1 heterocycles. The lowest BCUT2D eigenvalue weighted by molar-refractivity contribution is -0.114. The molecular formula is C20H20N2O. The van der Waals surface area contributed by atoms with E-state index in [2.05, 4.69) is 65.3 Å². The largest absolute Gasteiger partial charge is 0.378 e. The quantitative estimate of drug-likeness (QED) is 0.804. The van der Waals surface area contributed by atoms with E-state index in [1.807, 2.05) is 6.07 Å². The first-order valence-corrected chi connectivity index (χ1v) is 8.12. The second kappa shape index (κ2) is 5.58. The van der Waals surface area contributed by atoms with E-state index in [4.69, 9.17) is 0 Å². The van der Waals surface area contributed by atoms with Gasteiger partial charge in [0.2, 0.25) is 5.91 Å². The van der Waals surface area contributed by atoms with E-state index < -0.39 is 0 Å². The molecule has 0 aromatic heterocycles. The topological polar surface area (TPSA) is 41.1 Å². The minimum absolute atomic E-state index is 0.0330. The smallest absolute Gasteiger partial charge is 0.221 e. The molecule has 0 bridgehead atoms. The molecule has 2 aliphatic rings. The molecular weight excluding hydrogens is 284 g/mol. The molecule has 23 heavy (non-hydrogen) atoms. The van der Waals surface area contributed by atoms with Crippen LogP contribution in [0.2, 0.25) is 0 Å². The highest BCUT2D eigenvalue weighted by Gasteiger charge is 2.37. The van der Waals surface area contributed by atoms with Crippen LogP contribution in [0.5, 0.6) is 0 Å². The fourth-order valence-electron chi connectivity index (χ4n) is 3.87. The fraction of sp³-hybridized carbons (Fsp3) is 0.250. The van der Waals surface area contributed by atoms with Crippen molar-refractivity contribution in [2.24, 2.45) is 5.92 Å². The molecule has 2 aromatic rings. The highest BCUT2D eigenvalue weighted by atomic mass is 16.1. The van der Waals surface area contributed by atoms with E-state index >= 15 is 0 Å². The van der Waals surface area contributed by atoms with Gasteiger partial charge in [-0.05, 0) is 41.7 Å². The summed E-state index contributed by atoms with van der Waals surface area (Å²) in [5.74, 6) is 0.900. The number of carbonyl (C=O) groups excluding carboxylic acids is 1. The van der Waals surface area contributed by atoms with Gasteiger partial charge in [-0.3, -0.25) is 4.79 Å². The first kappa shape index (κ1) is 14.1. The van der Waals surface area contributed by atoms with Crippen LogP contribution in [0.15, 0.2) is 60.7 Å². The minimum Gasteiger partial charge on any atom is -0.378 e. The molecule has 0 saturated carbocycles. The Balaban J connectivity index is 1.73. The van der Waals surface area contributed by atoms with Crippen LogP contribution in [-0.4, -0.2) is 5.91 Å². The van der Waals surface area contributed by atoms with Crippen LogP contribution in [0.4, 0.5) is 11.4 Å². The summed E-state index contributed by atoms with van der Waals surface area (Å²) >= 11 is 0. The van der Waals surface area contributed by atoms with Gasteiger partial charge in [0.1, 0.15) is 0 Å². The zero-order valence-corrected chi connectivity index (χ0v) is 13.1. The maximum Gasteiger partial charge on any atom is 0.221 e. The van der Waals surface area contributed by atoms with Gasteiger partial charge in [0, 0.05) is 24.2 Å². The lowest BCUT2D eigenvalue weighted by atomic mass is 9.77. The molecule has 2 N–H and O–H groups in total. The number of allylic oxidation sites excluding steroid dienone is 2. The SMILES string of the molecule is CC(=O)Nc1ccc2c(c1)[C@H]1C=CC[C@@H]1[C@@H](c1ccccc1)N2. The van der Waals surface area contributed by atoms with E-state index in [0.717, 1.165) is 12.1 Å². The van der Waals surface area contributed by atoms with Gasteiger partial charge < -0.3 is 10.6 Å². The first-order chi connectivity index (χ1) is 11.2. The van der Waals surface area contributed by atoms with Crippen molar-refractivity contribution in [1.82, 2.24) is 0 Å². The molecule has 0 fully saturated rings. The van der Waals surface area contributed by atoms with Crippen molar-refractivity contribution in [3.8, 4) is 0 Å². The van der Waals surface area contributed by atoms with Crippen molar-refractivity contribution in [2.75, 3.05) is 10.6 Å².